The van der Waals surface area contributed by atoms with E-state index in [0.717, 1.165) is 28.1 Å². The van der Waals surface area contributed by atoms with E-state index in [9.17, 15) is 4.79 Å². The van der Waals surface area contributed by atoms with Crippen molar-refractivity contribution in [2.45, 2.75) is 52.9 Å². The summed E-state index contributed by atoms with van der Waals surface area (Å²) in [4.78, 5) is 24.9. The molecule has 31 heavy (non-hydrogen) atoms. The average molecular weight is 420 g/mol. The maximum absolute atomic E-state index is 13.4. The van der Waals surface area contributed by atoms with Crippen LogP contribution in [0.2, 0.25) is 0 Å². The number of hydrogen-bond donors (Lipinski definition) is 1. The predicted molar refractivity (Wildman–Crippen MR) is 125 cm³/mol. The molecule has 0 saturated carbocycles. The molecule has 0 spiro atoms. The van der Waals surface area contributed by atoms with Crippen LogP contribution >= 0.6 is 0 Å². The van der Waals surface area contributed by atoms with Crippen molar-refractivity contribution in [2.24, 2.45) is 5.73 Å². The van der Waals surface area contributed by atoms with Gasteiger partial charge in [0, 0.05) is 36.8 Å². The van der Waals surface area contributed by atoms with Gasteiger partial charge in [-0.05, 0) is 39.1 Å². The van der Waals surface area contributed by atoms with E-state index in [1.165, 1.54) is 4.68 Å². The summed E-state index contributed by atoms with van der Waals surface area (Å²) >= 11 is 0. The van der Waals surface area contributed by atoms with Crippen LogP contribution in [-0.2, 0) is 13.1 Å². The summed E-state index contributed by atoms with van der Waals surface area (Å²) in [5.74, 6) is 0.720. The number of pyridine rings is 1. The third-order valence-corrected chi connectivity index (χ3v) is 5.98. The van der Waals surface area contributed by atoms with Gasteiger partial charge in [-0.15, -0.1) is 0 Å². The molecule has 8 nitrogen and oxygen atoms in total. The highest BCUT2D eigenvalue weighted by Gasteiger charge is 2.22. The molecule has 3 heterocycles. The standard InChI is InChI=1S/C23H29N7O/c1-6-29-21-19(27-23(29)28(5)16(4)15(3)24)12-25-30(22(21)31)13-20-18-10-8-7-9-17(18)11-14(2)26-20/h7-12,15-16H,6,13,24H2,1-5H3. The lowest BCUT2D eigenvalue weighted by molar-refractivity contribution is 0.555. The molecule has 0 aliphatic rings. The molecular weight excluding hydrogens is 390 g/mol. The van der Waals surface area contributed by atoms with E-state index >= 15 is 0 Å². The van der Waals surface area contributed by atoms with Gasteiger partial charge in [-0.1, -0.05) is 24.3 Å². The van der Waals surface area contributed by atoms with E-state index in [4.69, 9.17) is 15.7 Å². The number of anilines is 1. The molecule has 2 N–H and O–H groups in total. The highest BCUT2D eigenvalue weighted by atomic mass is 16.1. The van der Waals surface area contributed by atoms with Gasteiger partial charge in [0.2, 0.25) is 5.95 Å². The lowest BCUT2D eigenvalue weighted by atomic mass is 10.1. The maximum Gasteiger partial charge on any atom is 0.293 e. The molecule has 1 aromatic carbocycles. The third kappa shape index (κ3) is 3.67. The van der Waals surface area contributed by atoms with Gasteiger partial charge in [-0.2, -0.15) is 5.10 Å². The molecular formula is C23H29N7O. The van der Waals surface area contributed by atoms with Crippen LogP contribution in [-0.4, -0.2) is 43.4 Å². The Bertz CT molecular complexity index is 1300. The Morgan fingerprint density at radius 1 is 1.19 bits per heavy atom. The van der Waals surface area contributed by atoms with Gasteiger partial charge in [0.1, 0.15) is 11.0 Å². The van der Waals surface area contributed by atoms with Crippen LogP contribution in [0.1, 0.15) is 32.2 Å². The third-order valence-electron chi connectivity index (χ3n) is 5.98. The van der Waals surface area contributed by atoms with Gasteiger partial charge in [0.05, 0.1) is 18.4 Å². The molecule has 0 radical (unpaired) electrons. The lowest BCUT2D eigenvalue weighted by Gasteiger charge is -2.29. The van der Waals surface area contributed by atoms with E-state index < -0.39 is 0 Å². The zero-order valence-corrected chi connectivity index (χ0v) is 18.7. The quantitative estimate of drug-likeness (QED) is 0.516. The fourth-order valence-electron chi connectivity index (χ4n) is 3.97. The molecule has 0 fully saturated rings. The maximum atomic E-state index is 13.4. The van der Waals surface area contributed by atoms with Crippen molar-refractivity contribution in [1.29, 1.82) is 0 Å². The van der Waals surface area contributed by atoms with E-state index in [0.29, 0.717) is 24.1 Å². The van der Waals surface area contributed by atoms with Crippen molar-refractivity contribution in [3.05, 3.63) is 58.3 Å². The summed E-state index contributed by atoms with van der Waals surface area (Å²) in [6.07, 6.45) is 1.66. The summed E-state index contributed by atoms with van der Waals surface area (Å²) in [5.41, 5.74) is 8.80. The van der Waals surface area contributed by atoms with Crippen LogP contribution in [0.25, 0.3) is 21.8 Å². The molecule has 0 bridgehead atoms. The second-order valence-corrected chi connectivity index (χ2v) is 8.14. The predicted octanol–water partition coefficient (Wildman–Crippen LogP) is 2.69. The normalized spacial score (nSPS) is 13.6. The molecule has 8 heteroatoms. The summed E-state index contributed by atoms with van der Waals surface area (Å²) in [7, 11) is 1.95. The fraction of sp³-hybridized carbons (Fsp3) is 0.391. The first-order valence-corrected chi connectivity index (χ1v) is 10.6. The van der Waals surface area contributed by atoms with Gasteiger partial charge >= 0.3 is 0 Å². The van der Waals surface area contributed by atoms with Gasteiger partial charge in [0.25, 0.3) is 5.56 Å². The average Bonchev–Trinajstić information content (AvgIpc) is 3.13. The Hall–Kier alpha value is -3.26. The van der Waals surface area contributed by atoms with Gasteiger partial charge in [0.15, 0.2) is 0 Å². The molecule has 0 aliphatic heterocycles. The molecule has 3 aromatic heterocycles. The number of nitrogens with zero attached hydrogens (tertiary/aromatic N) is 6. The minimum Gasteiger partial charge on any atom is -0.341 e. The lowest BCUT2D eigenvalue weighted by Crippen LogP contribution is -2.43. The summed E-state index contributed by atoms with van der Waals surface area (Å²) < 4.78 is 3.42. The number of nitrogens with two attached hydrogens (primary N) is 1. The van der Waals surface area contributed by atoms with E-state index in [-0.39, 0.29) is 17.6 Å². The number of fused-ring (bicyclic) bond motifs is 2. The van der Waals surface area contributed by atoms with E-state index in [1.54, 1.807) is 6.20 Å². The Balaban J connectivity index is 1.83. The van der Waals surface area contributed by atoms with Crippen molar-refractivity contribution in [1.82, 2.24) is 24.3 Å². The summed E-state index contributed by atoms with van der Waals surface area (Å²) in [6, 6.07) is 10.1. The largest absolute Gasteiger partial charge is 0.341 e. The Morgan fingerprint density at radius 3 is 2.65 bits per heavy atom. The molecule has 0 aliphatic carbocycles. The number of imidazole rings is 1. The van der Waals surface area contributed by atoms with E-state index in [1.807, 2.05) is 61.6 Å². The first-order valence-electron chi connectivity index (χ1n) is 10.6. The van der Waals surface area contributed by atoms with Crippen molar-refractivity contribution >= 4 is 27.8 Å². The van der Waals surface area contributed by atoms with Crippen molar-refractivity contribution in [3.8, 4) is 0 Å². The number of benzene rings is 1. The number of likely N-dealkylation sites (N-methyl/N-ethyl adjacent to an activating group) is 1. The first-order chi connectivity index (χ1) is 14.8. The molecule has 0 amide bonds. The minimum atomic E-state index is -0.174. The smallest absolute Gasteiger partial charge is 0.293 e. The molecule has 4 rings (SSSR count). The van der Waals surface area contributed by atoms with Gasteiger partial charge in [-0.25, -0.2) is 9.67 Å². The highest BCUT2D eigenvalue weighted by molar-refractivity contribution is 5.85. The molecule has 2 atom stereocenters. The Kier molecular flexibility index (Phi) is 5.49. The van der Waals surface area contributed by atoms with Crippen LogP contribution in [0.15, 0.2) is 41.3 Å². The van der Waals surface area contributed by atoms with Crippen LogP contribution in [0.5, 0.6) is 0 Å². The topological polar surface area (TPSA) is 94.9 Å². The SMILES string of the molecule is CCn1c(N(C)C(C)C(C)N)nc2cnn(Cc3nc(C)cc4ccccc34)c(=O)c21. The zero-order chi connectivity index (χ0) is 22.3. The monoisotopic (exact) mass is 419 g/mol. The Labute approximate surface area is 181 Å². The number of rotatable bonds is 6. The second-order valence-electron chi connectivity index (χ2n) is 8.14. The van der Waals surface area contributed by atoms with Gasteiger partial charge in [-0.3, -0.25) is 9.78 Å². The van der Waals surface area contributed by atoms with Crippen LogP contribution in [0.4, 0.5) is 5.95 Å². The van der Waals surface area contributed by atoms with Crippen molar-refractivity contribution in [2.75, 3.05) is 11.9 Å². The van der Waals surface area contributed by atoms with Crippen LogP contribution in [0, 0.1) is 6.92 Å². The summed E-state index contributed by atoms with van der Waals surface area (Å²) in [6.45, 7) is 8.90. The molecule has 162 valence electrons. The van der Waals surface area contributed by atoms with Crippen LogP contribution in [0.3, 0.4) is 0 Å². The fourth-order valence-corrected chi connectivity index (χ4v) is 3.97. The first kappa shape index (κ1) is 21.0. The highest BCUT2D eigenvalue weighted by Crippen LogP contribution is 2.22. The summed E-state index contributed by atoms with van der Waals surface area (Å²) in [5, 5.41) is 6.54. The zero-order valence-electron chi connectivity index (χ0n) is 18.7. The Morgan fingerprint density at radius 2 is 1.94 bits per heavy atom. The van der Waals surface area contributed by atoms with Crippen molar-refractivity contribution < 1.29 is 0 Å². The molecule has 2 unspecified atom stereocenters. The van der Waals surface area contributed by atoms with Crippen LogP contribution < -0.4 is 16.2 Å². The molecule has 0 saturated heterocycles. The number of aryl methyl sites for hydroxylation is 2. The van der Waals surface area contributed by atoms with Gasteiger partial charge < -0.3 is 15.2 Å². The second kappa shape index (κ2) is 8.11. The van der Waals surface area contributed by atoms with Crippen molar-refractivity contribution in [3.63, 3.8) is 0 Å². The molecule has 4 aromatic rings. The number of hydrogen-bond acceptors (Lipinski definition) is 6. The number of aromatic nitrogens is 5. The minimum absolute atomic E-state index is 0.0365. The van der Waals surface area contributed by atoms with E-state index in [2.05, 4.69) is 18.1 Å².